The first-order valence-electron chi connectivity index (χ1n) is 18.2. The minimum atomic E-state index is -0.458. The minimum Gasteiger partial charge on any atom is -0.308 e. The maximum absolute atomic E-state index is 5.41. The van der Waals surface area contributed by atoms with Crippen LogP contribution in [0.25, 0.3) is 64.2 Å². The molecule has 0 amide bonds. The van der Waals surface area contributed by atoms with Crippen molar-refractivity contribution in [2.75, 3.05) is 4.90 Å². The third-order valence-corrected chi connectivity index (χ3v) is 12.8. The van der Waals surface area contributed by atoms with E-state index in [1.807, 2.05) is 11.3 Å². The van der Waals surface area contributed by atoms with Crippen LogP contribution in [0.2, 0.25) is 0 Å². The number of anilines is 3. The lowest BCUT2D eigenvalue weighted by molar-refractivity contribution is 0.753. The number of pyridine rings is 1. The predicted molar refractivity (Wildman–Crippen MR) is 223 cm³/mol. The summed E-state index contributed by atoms with van der Waals surface area (Å²) >= 11 is 1.90. The first-order chi connectivity index (χ1) is 26.3. The zero-order valence-electron chi connectivity index (χ0n) is 28.6. The molecule has 1 aliphatic carbocycles. The molecular formula is C50H30N2S. The van der Waals surface area contributed by atoms with E-state index >= 15 is 0 Å². The third-order valence-electron chi connectivity index (χ3n) is 11.6. The SMILES string of the molecule is c1ccc(-c2nc3ccccc3c3c2cc(N2c4ccccc4C4(c5ccccc5-c5ccccc54)c4ccccc42)c2sc4ccccc4c23)cc1. The van der Waals surface area contributed by atoms with Gasteiger partial charge in [0.1, 0.15) is 0 Å². The lowest BCUT2D eigenvalue weighted by Crippen LogP contribution is -2.36. The van der Waals surface area contributed by atoms with Gasteiger partial charge >= 0.3 is 0 Å². The van der Waals surface area contributed by atoms with Gasteiger partial charge in [-0.3, -0.25) is 0 Å². The number of para-hydroxylation sites is 3. The van der Waals surface area contributed by atoms with E-state index in [1.165, 1.54) is 81.4 Å². The van der Waals surface area contributed by atoms with Gasteiger partial charge in [0.25, 0.3) is 0 Å². The Morgan fingerprint density at radius 3 is 1.68 bits per heavy atom. The van der Waals surface area contributed by atoms with Crippen molar-refractivity contribution in [2.45, 2.75) is 5.41 Å². The Bertz CT molecular complexity index is 3040. The number of hydrogen-bond donors (Lipinski definition) is 0. The van der Waals surface area contributed by atoms with E-state index in [0.29, 0.717) is 0 Å². The topological polar surface area (TPSA) is 16.1 Å². The largest absolute Gasteiger partial charge is 0.308 e. The Hall–Kier alpha value is -6.55. The van der Waals surface area contributed by atoms with E-state index in [-0.39, 0.29) is 0 Å². The van der Waals surface area contributed by atoms with E-state index in [2.05, 4.69) is 187 Å². The summed E-state index contributed by atoms with van der Waals surface area (Å²) < 4.78 is 2.56. The van der Waals surface area contributed by atoms with Crippen LogP contribution >= 0.6 is 11.3 Å². The Labute approximate surface area is 310 Å². The monoisotopic (exact) mass is 690 g/mol. The van der Waals surface area contributed by atoms with Crippen molar-refractivity contribution < 1.29 is 0 Å². The maximum Gasteiger partial charge on any atom is 0.0789 e. The molecular weight excluding hydrogens is 661 g/mol. The highest BCUT2D eigenvalue weighted by Crippen LogP contribution is 2.64. The molecule has 0 radical (unpaired) electrons. The molecule has 246 valence electrons. The van der Waals surface area contributed by atoms with Gasteiger partial charge in [0.05, 0.1) is 38.4 Å². The highest BCUT2D eigenvalue weighted by Gasteiger charge is 2.51. The molecule has 0 unspecified atom stereocenters. The van der Waals surface area contributed by atoms with Crippen molar-refractivity contribution in [3.63, 3.8) is 0 Å². The summed E-state index contributed by atoms with van der Waals surface area (Å²) in [4.78, 5) is 7.97. The zero-order chi connectivity index (χ0) is 34.7. The molecule has 10 aromatic rings. The molecule has 3 heteroatoms. The quantitative estimate of drug-likeness (QED) is 0.168. The molecule has 8 aromatic carbocycles. The molecule has 1 aliphatic heterocycles. The first-order valence-corrected chi connectivity index (χ1v) is 19.0. The lowest BCUT2D eigenvalue weighted by Gasteiger charge is -2.45. The van der Waals surface area contributed by atoms with Crippen LogP contribution in [0.3, 0.4) is 0 Å². The number of aromatic nitrogens is 1. The van der Waals surface area contributed by atoms with Gasteiger partial charge in [-0.1, -0.05) is 152 Å². The Morgan fingerprint density at radius 2 is 0.981 bits per heavy atom. The number of nitrogens with zero attached hydrogens (tertiary/aromatic N) is 2. The molecule has 12 rings (SSSR count). The van der Waals surface area contributed by atoms with Crippen LogP contribution in [-0.4, -0.2) is 4.98 Å². The molecule has 2 aromatic heterocycles. The molecule has 0 bridgehead atoms. The van der Waals surface area contributed by atoms with Crippen molar-refractivity contribution in [1.29, 1.82) is 0 Å². The van der Waals surface area contributed by atoms with Crippen molar-refractivity contribution in [1.82, 2.24) is 4.98 Å². The van der Waals surface area contributed by atoms with Gasteiger partial charge in [-0.05, 0) is 63.7 Å². The second kappa shape index (κ2) is 10.7. The summed E-state index contributed by atoms with van der Waals surface area (Å²) in [6.07, 6.45) is 0. The van der Waals surface area contributed by atoms with Gasteiger partial charge in [0, 0.05) is 37.2 Å². The van der Waals surface area contributed by atoms with Gasteiger partial charge in [-0.15, -0.1) is 11.3 Å². The highest BCUT2D eigenvalue weighted by molar-refractivity contribution is 7.26. The molecule has 1 spiro atoms. The summed E-state index contributed by atoms with van der Waals surface area (Å²) in [7, 11) is 0. The normalized spacial score (nSPS) is 13.8. The van der Waals surface area contributed by atoms with Crippen molar-refractivity contribution in [3.05, 3.63) is 204 Å². The summed E-state index contributed by atoms with van der Waals surface area (Å²) in [5.41, 5.74) is 14.1. The second-order valence-electron chi connectivity index (χ2n) is 14.2. The third kappa shape index (κ3) is 3.74. The van der Waals surface area contributed by atoms with Crippen LogP contribution in [0.4, 0.5) is 17.1 Å². The average Bonchev–Trinajstić information content (AvgIpc) is 3.76. The molecule has 53 heavy (non-hydrogen) atoms. The Morgan fingerprint density at radius 1 is 0.434 bits per heavy atom. The van der Waals surface area contributed by atoms with Crippen LogP contribution < -0.4 is 4.90 Å². The van der Waals surface area contributed by atoms with E-state index < -0.39 is 5.41 Å². The van der Waals surface area contributed by atoms with E-state index in [1.54, 1.807) is 0 Å². The fourth-order valence-electron chi connectivity index (χ4n) is 9.62. The number of fused-ring (bicyclic) bond motifs is 16. The van der Waals surface area contributed by atoms with E-state index in [0.717, 1.165) is 22.2 Å². The second-order valence-corrected chi connectivity index (χ2v) is 15.2. The van der Waals surface area contributed by atoms with Crippen LogP contribution in [0, 0.1) is 0 Å². The number of thiophene rings is 1. The first kappa shape index (κ1) is 29.1. The van der Waals surface area contributed by atoms with Crippen LogP contribution in [0.15, 0.2) is 182 Å². The number of benzene rings is 8. The average molecular weight is 691 g/mol. The summed E-state index contributed by atoms with van der Waals surface area (Å²) in [5, 5.41) is 6.18. The van der Waals surface area contributed by atoms with Crippen molar-refractivity contribution in [3.8, 4) is 22.4 Å². The number of hydrogen-bond acceptors (Lipinski definition) is 3. The van der Waals surface area contributed by atoms with Crippen LogP contribution in [-0.2, 0) is 5.41 Å². The fraction of sp³-hybridized carbons (Fsp3) is 0.0200. The molecule has 2 nitrogen and oxygen atoms in total. The maximum atomic E-state index is 5.41. The zero-order valence-corrected chi connectivity index (χ0v) is 29.4. The molecule has 0 saturated heterocycles. The van der Waals surface area contributed by atoms with Crippen molar-refractivity contribution in [2.24, 2.45) is 0 Å². The molecule has 0 saturated carbocycles. The molecule has 0 fully saturated rings. The van der Waals surface area contributed by atoms with Crippen LogP contribution in [0.5, 0.6) is 0 Å². The van der Waals surface area contributed by atoms with Crippen molar-refractivity contribution >= 4 is 70.2 Å². The summed E-state index contributed by atoms with van der Waals surface area (Å²) in [6, 6.07) is 67.0. The predicted octanol–water partition coefficient (Wildman–Crippen LogP) is 13.6. The van der Waals surface area contributed by atoms with Gasteiger partial charge in [0.2, 0.25) is 0 Å². The fourth-order valence-corrected chi connectivity index (χ4v) is 10.8. The van der Waals surface area contributed by atoms with Gasteiger partial charge in [-0.2, -0.15) is 0 Å². The Balaban J connectivity index is 1.26. The van der Waals surface area contributed by atoms with Gasteiger partial charge in [0.15, 0.2) is 0 Å². The smallest absolute Gasteiger partial charge is 0.0789 e. The van der Waals surface area contributed by atoms with Gasteiger partial charge < -0.3 is 4.90 Å². The standard InChI is InChI=1S/C50H30N2S/c1-2-16-31(17-3-1)48-36-30-44(49-47(35-21-7-15-29-45(35)53-49)46(36)34-20-6-12-26-41(34)51-48)52-42-27-13-10-24-39(42)50(40-25-11-14-28-43(40)52)37-22-8-4-18-32(37)33-19-5-9-23-38(33)50/h1-30H. The van der Waals surface area contributed by atoms with Crippen LogP contribution in [0.1, 0.15) is 22.3 Å². The summed E-state index contributed by atoms with van der Waals surface area (Å²) in [5.74, 6) is 0. The lowest BCUT2D eigenvalue weighted by atomic mass is 9.64. The molecule has 0 atom stereocenters. The van der Waals surface area contributed by atoms with Gasteiger partial charge in [-0.25, -0.2) is 4.98 Å². The molecule has 3 heterocycles. The molecule has 0 N–H and O–H groups in total. The van der Waals surface area contributed by atoms with E-state index in [4.69, 9.17) is 4.98 Å². The Kier molecular flexibility index (Phi) is 5.89. The van der Waals surface area contributed by atoms with E-state index in [9.17, 15) is 0 Å². The minimum absolute atomic E-state index is 0.458. The highest BCUT2D eigenvalue weighted by atomic mass is 32.1. The number of rotatable bonds is 2. The molecule has 2 aliphatic rings. The summed E-state index contributed by atoms with van der Waals surface area (Å²) in [6.45, 7) is 0.